The minimum absolute atomic E-state index is 0.0453. The Bertz CT molecular complexity index is 340. The summed E-state index contributed by atoms with van der Waals surface area (Å²) in [5, 5.41) is 3.41. The number of likely N-dealkylation sites (tertiary alicyclic amines) is 1. The SMILES string of the molecule is CN=C(NCCC(C)(C)C)N1CCC(C(=O)OC)CC1. The van der Waals surface area contributed by atoms with E-state index in [0.717, 1.165) is 44.9 Å². The first kappa shape index (κ1) is 16.8. The summed E-state index contributed by atoms with van der Waals surface area (Å²) in [6.45, 7) is 9.34. The molecule has 0 saturated carbocycles. The Morgan fingerprint density at radius 3 is 2.40 bits per heavy atom. The van der Waals surface area contributed by atoms with Crippen LogP contribution in [0.3, 0.4) is 0 Å². The maximum Gasteiger partial charge on any atom is 0.308 e. The predicted octanol–water partition coefficient (Wildman–Crippen LogP) is 1.88. The average Bonchev–Trinajstić information content (AvgIpc) is 2.42. The highest BCUT2D eigenvalue weighted by Gasteiger charge is 2.26. The molecule has 0 unspecified atom stereocenters. The van der Waals surface area contributed by atoms with Crippen molar-refractivity contribution in [3.63, 3.8) is 0 Å². The molecule has 5 heteroatoms. The molecule has 0 aromatic rings. The molecule has 0 atom stereocenters. The summed E-state index contributed by atoms with van der Waals surface area (Å²) >= 11 is 0. The van der Waals surface area contributed by atoms with E-state index in [9.17, 15) is 4.79 Å². The van der Waals surface area contributed by atoms with Gasteiger partial charge >= 0.3 is 5.97 Å². The molecule has 0 bridgehead atoms. The van der Waals surface area contributed by atoms with Crippen LogP contribution in [0, 0.1) is 11.3 Å². The van der Waals surface area contributed by atoms with E-state index in [2.05, 4.69) is 36.0 Å². The number of rotatable bonds is 3. The van der Waals surface area contributed by atoms with Crippen LogP contribution in [-0.2, 0) is 9.53 Å². The van der Waals surface area contributed by atoms with Gasteiger partial charge in [0.05, 0.1) is 13.0 Å². The van der Waals surface area contributed by atoms with E-state index in [0.29, 0.717) is 5.41 Å². The molecule has 0 aromatic heterocycles. The van der Waals surface area contributed by atoms with Gasteiger partial charge in [-0.25, -0.2) is 0 Å². The van der Waals surface area contributed by atoms with Crippen LogP contribution < -0.4 is 5.32 Å². The van der Waals surface area contributed by atoms with Gasteiger partial charge in [-0.2, -0.15) is 0 Å². The zero-order valence-corrected chi connectivity index (χ0v) is 13.5. The number of hydrogen-bond donors (Lipinski definition) is 1. The molecule has 0 aromatic carbocycles. The molecule has 1 saturated heterocycles. The fourth-order valence-electron chi connectivity index (χ4n) is 2.38. The number of nitrogens with zero attached hydrogens (tertiary/aromatic N) is 2. The molecule has 1 aliphatic rings. The largest absolute Gasteiger partial charge is 0.469 e. The number of hydrogen-bond acceptors (Lipinski definition) is 3. The normalized spacial score (nSPS) is 18.1. The highest BCUT2D eigenvalue weighted by molar-refractivity contribution is 5.80. The molecule has 1 aliphatic heterocycles. The molecule has 5 nitrogen and oxygen atoms in total. The van der Waals surface area contributed by atoms with E-state index in [1.807, 2.05) is 7.05 Å². The maximum atomic E-state index is 11.5. The number of piperidine rings is 1. The minimum Gasteiger partial charge on any atom is -0.469 e. The summed E-state index contributed by atoms with van der Waals surface area (Å²) < 4.78 is 4.81. The Morgan fingerprint density at radius 2 is 1.95 bits per heavy atom. The van der Waals surface area contributed by atoms with Crippen LogP contribution >= 0.6 is 0 Å². The molecule has 0 aliphatic carbocycles. The lowest BCUT2D eigenvalue weighted by Crippen LogP contribution is -2.47. The number of carbonyl (C=O) groups excluding carboxylic acids is 1. The van der Waals surface area contributed by atoms with Crippen LogP contribution in [0.2, 0.25) is 0 Å². The third-order valence-corrected chi connectivity index (χ3v) is 3.70. The molecule has 1 rings (SSSR count). The van der Waals surface area contributed by atoms with Gasteiger partial charge < -0.3 is 15.0 Å². The van der Waals surface area contributed by atoms with Gasteiger partial charge in [0.15, 0.2) is 5.96 Å². The van der Waals surface area contributed by atoms with Crippen molar-refractivity contribution in [3.8, 4) is 0 Å². The van der Waals surface area contributed by atoms with Crippen LogP contribution in [0.1, 0.15) is 40.0 Å². The zero-order chi connectivity index (χ0) is 15.2. The second-order valence-corrected chi connectivity index (χ2v) is 6.57. The third-order valence-electron chi connectivity index (χ3n) is 3.70. The molecule has 0 radical (unpaired) electrons. The van der Waals surface area contributed by atoms with Gasteiger partial charge in [-0.3, -0.25) is 9.79 Å². The molecular weight excluding hydrogens is 254 g/mol. The number of nitrogens with one attached hydrogen (secondary N) is 1. The Morgan fingerprint density at radius 1 is 1.35 bits per heavy atom. The molecule has 0 amide bonds. The van der Waals surface area contributed by atoms with Crippen LogP contribution in [0.4, 0.5) is 0 Å². The number of guanidine groups is 1. The van der Waals surface area contributed by atoms with E-state index in [1.165, 1.54) is 7.11 Å². The summed E-state index contributed by atoms with van der Waals surface area (Å²) in [7, 11) is 3.27. The first-order valence-corrected chi connectivity index (χ1v) is 7.41. The van der Waals surface area contributed by atoms with Crippen molar-refractivity contribution in [3.05, 3.63) is 0 Å². The highest BCUT2D eigenvalue weighted by atomic mass is 16.5. The van der Waals surface area contributed by atoms with Crippen molar-refractivity contribution in [1.82, 2.24) is 10.2 Å². The number of aliphatic imine (C=N–C) groups is 1. The fraction of sp³-hybridized carbons (Fsp3) is 0.867. The maximum absolute atomic E-state index is 11.5. The summed E-state index contributed by atoms with van der Waals surface area (Å²) in [5.41, 5.74) is 0.323. The third kappa shape index (κ3) is 5.39. The van der Waals surface area contributed by atoms with E-state index in [-0.39, 0.29) is 11.9 Å². The Labute approximate surface area is 122 Å². The van der Waals surface area contributed by atoms with E-state index in [4.69, 9.17) is 4.74 Å². The van der Waals surface area contributed by atoms with E-state index < -0.39 is 0 Å². The smallest absolute Gasteiger partial charge is 0.308 e. The fourth-order valence-corrected chi connectivity index (χ4v) is 2.38. The molecule has 1 N–H and O–H groups in total. The Kier molecular flexibility index (Phi) is 6.30. The predicted molar refractivity (Wildman–Crippen MR) is 81.7 cm³/mol. The second kappa shape index (κ2) is 7.50. The van der Waals surface area contributed by atoms with Gasteiger partial charge in [0.1, 0.15) is 0 Å². The van der Waals surface area contributed by atoms with E-state index in [1.54, 1.807) is 0 Å². The average molecular weight is 283 g/mol. The molecule has 1 fully saturated rings. The highest BCUT2D eigenvalue weighted by Crippen LogP contribution is 2.19. The summed E-state index contributed by atoms with van der Waals surface area (Å²) in [6.07, 6.45) is 2.78. The lowest BCUT2D eigenvalue weighted by Gasteiger charge is -2.33. The molecule has 1 heterocycles. The van der Waals surface area contributed by atoms with Crippen LogP contribution in [-0.4, -0.2) is 50.6 Å². The second-order valence-electron chi connectivity index (χ2n) is 6.57. The molecular formula is C15H29N3O2. The Balaban J connectivity index is 2.40. The standard InChI is InChI=1S/C15H29N3O2/c1-15(2,3)8-9-17-14(16-4)18-10-6-12(7-11-18)13(19)20-5/h12H,6-11H2,1-5H3,(H,16,17). The quantitative estimate of drug-likeness (QED) is 0.488. The summed E-state index contributed by atoms with van der Waals surface area (Å²) in [6, 6.07) is 0. The van der Waals surface area contributed by atoms with Gasteiger partial charge in [-0.05, 0) is 24.7 Å². The van der Waals surface area contributed by atoms with Crippen LogP contribution in [0.5, 0.6) is 0 Å². The topological polar surface area (TPSA) is 53.9 Å². The summed E-state index contributed by atoms with van der Waals surface area (Å²) in [4.78, 5) is 18.1. The van der Waals surface area contributed by atoms with Crippen molar-refractivity contribution in [1.29, 1.82) is 0 Å². The lowest BCUT2D eigenvalue weighted by atomic mass is 9.92. The summed E-state index contributed by atoms with van der Waals surface area (Å²) in [5.74, 6) is 0.904. The van der Waals surface area contributed by atoms with Crippen molar-refractivity contribution in [2.24, 2.45) is 16.3 Å². The van der Waals surface area contributed by atoms with Crippen LogP contribution in [0.15, 0.2) is 4.99 Å². The van der Waals surface area contributed by atoms with Crippen molar-refractivity contribution < 1.29 is 9.53 Å². The number of ether oxygens (including phenoxy) is 1. The molecule has 116 valence electrons. The molecule has 20 heavy (non-hydrogen) atoms. The lowest BCUT2D eigenvalue weighted by molar-refractivity contribution is -0.146. The monoisotopic (exact) mass is 283 g/mol. The van der Waals surface area contributed by atoms with Gasteiger partial charge in [0.2, 0.25) is 0 Å². The van der Waals surface area contributed by atoms with Crippen molar-refractivity contribution in [2.45, 2.75) is 40.0 Å². The molecule has 0 spiro atoms. The van der Waals surface area contributed by atoms with Crippen LogP contribution in [0.25, 0.3) is 0 Å². The first-order chi connectivity index (χ1) is 9.37. The van der Waals surface area contributed by atoms with Gasteiger partial charge in [-0.15, -0.1) is 0 Å². The van der Waals surface area contributed by atoms with Gasteiger partial charge in [0.25, 0.3) is 0 Å². The number of carbonyl (C=O) groups is 1. The van der Waals surface area contributed by atoms with Crippen molar-refractivity contribution >= 4 is 11.9 Å². The number of methoxy groups -OCH3 is 1. The number of esters is 1. The zero-order valence-electron chi connectivity index (χ0n) is 13.5. The Hall–Kier alpha value is -1.26. The van der Waals surface area contributed by atoms with E-state index >= 15 is 0 Å². The minimum atomic E-state index is -0.0830. The van der Waals surface area contributed by atoms with Crippen molar-refractivity contribution in [2.75, 3.05) is 33.8 Å². The first-order valence-electron chi connectivity index (χ1n) is 7.41. The van der Waals surface area contributed by atoms with Gasteiger partial charge in [0, 0.05) is 26.7 Å². The van der Waals surface area contributed by atoms with Gasteiger partial charge in [-0.1, -0.05) is 20.8 Å².